The normalized spacial score (nSPS) is 14.2. The molecule has 1 heterocycles. The van der Waals surface area contributed by atoms with Crippen LogP contribution in [0.15, 0.2) is 12.4 Å². The minimum absolute atomic E-state index is 0.341. The van der Waals surface area contributed by atoms with Gasteiger partial charge in [0.15, 0.2) is 0 Å². The fraction of sp³-hybridized carbons (Fsp3) is 0.786. The molecule has 104 valence electrons. The number of aryl methyl sites for hydroxylation is 1. The smallest absolute Gasteiger partial charge is 0.122 e. The van der Waals surface area contributed by atoms with Gasteiger partial charge in [-0.05, 0) is 31.3 Å². The highest BCUT2D eigenvalue weighted by atomic mass is 15.2. The number of hydrogen-bond acceptors (Lipinski definition) is 3. The molecule has 2 N–H and O–H groups in total. The molecule has 1 rings (SSSR count). The first-order valence-corrected chi connectivity index (χ1v) is 6.66. The van der Waals surface area contributed by atoms with E-state index >= 15 is 0 Å². The van der Waals surface area contributed by atoms with E-state index in [9.17, 15) is 0 Å². The summed E-state index contributed by atoms with van der Waals surface area (Å²) in [4.78, 5) is 6.66. The average molecular weight is 252 g/mol. The predicted molar refractivity (Wildman–Crippen MR) is 76.2 cm³/mol. The van der Waals surface area contributed by atoms with Gasteiger partial charge in [0.25, 0.3) is 0 Å². The third kappa shape index (κ3) is 5.19. The summed E-state index contributed by atoms with van der Waals surface area (Å²) in [6.07, 6.45) is 4.99. The highest BCUT2D eigenvalue weighted by molar-refractivity contribution is 4.90. The second-order valence-electron chi connectivity index (χ2n) is 6.52. The van der Waals surface area contributed by atoms with Crippen LogP contribution in [0, 0.1) is 11.3 Å². The Hall–Kier alpha value is -0.870. The van der Waals surface area contributed by atoms with Crippen LogP contribution >= 0.6 is 0 Å². The van der Waals surface area contributed by atoms with Crippen LogP contribution in [-0.4, -0.2) is 34.6 Å². The summed E-state index contributed by atoms with van der Waals surface area (Å²) in [5, 5.41) is 0. The lowest BCUT2D eigenvalue weighted by atomic mass is 9.84. The zero-order chi connectivity index (χ0) is 13.8. The van der Waals surface area contributed by atoms with Crippen molar-refractivity contribution in [2.75, 3.05) is 20.1 Å². The van der Waals surface area contributed by atoms with E-state index in [-0.39, 0.29) is 0 Å². The summed E-state index contributed by atoms with van der Waals surface area (Å²) in [7, 11) is 4.17. The van der Waals surface area contributed by atoms with E-state index in [1.165, 1.54) is 0 Å². The lowest BCUT2D eigenvalue weighted by Crippen LogP contribution is -2.33. The van der Waals surface area contributed by atoms with E-state index in [0.717, 1.165) is 31.9 Å². The average Bonchev–Trinajstić information content (AvgIpc) is 2.61. The van der Waals surface area contributed by atoms with Crippen LogP contribution in [0.2, 0.25) is 0 Å². The number of imidazole rings is 1. The molecule has 18 heavy (non-hydrogen) atoms. The molecule has 0 bridgehead atoms. The lowest BCUT2D eigenvalue weighted by molar-refractivity contribution is 0.212. The van der Waals surface area contributed by atoms with Crippen LogP contribution in [0.25, 0.3) is 0 Å². The van der Waals surface area contributed by atoms with E-state index in [0.29, 0.717) is 11.3 Å². The van der Waals surface area contributed by atoms with Gasteiger partial charge < -0.3 is 10.3 Å². The van der Waals surface area contributed by atoms with Crippen LogP contribution in [0.3, 0.4) is 0 Å². The molecule has 0 spiro atoms. The van der Waals surface area contributed by atoms with E-state index in [4.69, 9.17) is 5.73 Å². The molecule has 4 nitrogen and oxygen atoms in total. The van der Waals surface area contributed by atoms with Gasteiger partial charge in [-0.3, -0.25) is 4.90 Å². The van der Waals surface area contributed by atoms with Crippen LogP contribution in [0.1, 0.15) is 33.0 Å². The van der Waals surface area contributed by atoms with Crippen molar-refractivity contribution in [1.82, 2.24) is 14.5 Å². The Balaban J connectivity index is 2.47. The quantitative estimate of drug-likeness (QED) is 0.840. The van der Waals surface area contributed by atoms with E-state index in [1.54, 1.807) is 0 Å². The van der Waals surface area contributed by atoms with Gasteiger partial charge in [-0.25, -0.2) is 4.98 Å². The zero-order valence-corrected chi connectivity index (χ0v) is 12.5. The fourth-order valence-corrected chi connectivity index (χ4v) is 2.38. The molecule has 0 saturated carbocycles. The molecule has 0 amide bonds. The Labute approximate surface area is 111 Å². The van der Waals surface area contributed by atoms with Crippen molar-refractivity contribution < 1.29 is 0 Å². The van der Waals surface area contributed by atoms with Crippen LogP contribution in [0.4, 0.5) is 0 Å². The molecule has 0 radical (unpaired) electrons. The Morgan fingerprint density at radius 2 is 2.11 bits per heavy atom. The third-order valence-electron chi connectivity index (χ3n) is 3.14. The molecule has 0 aliphatic heterocycles. The summed E-state index contributed by atoms with van der Waals surface area (Å²) < 4.78 is 2.07. The minimum Gasteiger partial charge on any atom is -0.337 e. The molecule has 4 heteroatoms. The van der Waals surface area contributed by atoms with Crippen molar-refractivity contribution in [2.24, 2.45) is 24.1 Å². The van der Waals surface area contributed by atoms with Crippen LogP contribution in [-0.2, 0) is 13.6 Å². The Morgan fingerprint density at radius 1 is 1.44 bits per heavy atom. The van der Waals surface area contributed by atoms with Gasteiger partial charge in [0.1, 0.15) is 5.82 Å². The van der Waals surface area contributed by atoms with Crippen LogP contribution < -0.4 is 5.73 Å². The topological polar surface area (TPSA) is 47.1 Å². The van der Waals surface area contributed by atoms with Crippen molar-refractivity contribution >= 4 is 0 Å². The molecule has 1 atom stereocenters. The summed E-state index contributed by atoms with van der Waals surface area (Å²) >= 11 is 0. The summed E-state index contributed by atoms with van der Waals surface area (Å²) in [6.45, 7) is 9.48. The molecule has 0 aliphatic rings. The Kier molecular flexibility index (Phi) is 5.35. The van der Waals surface area contributed by atoms with Crippen molar-refractivity contribution in [1.29, 1.82) is 0 Å². The maximum atomic E-state index is 5.88. The lowest BCUT2D eigenvalue weighted by Gasteiger charge is -2.28. The maximum absolute atomic E-state index is 5.88. The SMILES string of the molecule is CN(Cc1nccn1C)CC(CN)CC(C)(C)C. The summed E-state index contributed by atoms with van der Waals surface area (Å²) in [5.41, 5.74) is 6.23. The fourth-order valence-electron chi connectivity index (χ4n) is 2.38. The van der Waals surface area contributed by atoms with Gasteiger partial charge in [0.05, 0.1) is 6.54 Å². The Morgan fingerprint density at radius 3 is 2.56 bits per heavy atom. The standard InChI is InChI=1S/C14H28N4/c1-14(2,3)8-12(9-15)10-17(4)11-13-16-6-7-18(13)5/h6-7,12H,8-11,15H2,1-5H3. The number of nitrogens with two attached hydrogens (primary N) is 1. The largest absolute Gasteiger partial charge is 0.337 e. The zero-order valence-electron chi connectivity index (χ0n) is 12.5. The van der Waals surface area contributed by atoms with Gasteiger partial charge in [-0.1, -0.05) is 20.8 Å². The minimum atomic E-state index is 0.341. The van der Waals surface area contributed by atoms with E-state index in [1.807, 2.05) is 19.4 Å². The number of nitrogens with zero attached hydrogens (tertiary/aromatic N) is 3. The van der Waals surface area contributed by atoms with Gasteiger partial charge in [0.2, 0.25) is 0 Å². The Bertz CT molecular complexity index is 351. The van der Waals surface area contributed by atoms with Crippen molar-refractivity contribution in [2.45, 2.75) is 33.7 Å². The highest BCUT2D eigenvalue weighted by Gasteiger charge is 2.19. The van der Waals surface area contributed by atoms with Gasteiger partial charge >= 0.3 is 0 Å². The van der Waals surface area contributed by atoms with Crippen molar-refractivity contribution in [3.05, 3.63) is 18.2 Å². The number of hydrogen-bond donors (Lipinski definition) is 1. The summed E-state index contributed by atoms with van der Waals surface area (Å²) in [5.74, 6) is 1.65. The van der Waals surface area contributed by atoms with Crippen LogP contribution in [0.5, 0.6) is 0 Å². The van der Waals surface area contributed by atoms with Gasteiger partial charge in [-0.15, -0.1) is 0 Å². The van der Waals surface area contributed by atoms with E-state index in [2.05, 4.69) is 42.3 Å². The molecule has 1 aromatic heterocycles. The monoisotopic (exact) mass is 252 g/mol. The predicted octanol–water partition coefficient (Wildman–Crippen LogP) is 1.86. The first-order chi connectivity index (χ1) is 8.31. The molecular weight excluding hydrogens is 224 g/mol. The highest BCUT2D eigenvalue weighted by Crippen LogP contribution is 2.24. The van der Waals surface area contributed by atoms with Crippen molar-refractivity contribution in [3.8, 4) is 0 Å². The summed E-state index contributed by atoms with van der Waals surface area (Å²) in [6, 6.07) is 0. The molecular formula is C14H28N4. The second-order valence-corrected chi connectivity index (χ2v) is 6.52. The first-order valence-electron chi connectivity index (χ1n) is 6.66. The molecule has 1 unspecified atom stereocenters. The van der Waals surface area contributed by atoms with Crippen molar-refractivity contribution in [3.63, 3.8) is 0 Å². The number of rotatable bonds is 6. The molecule has 0 aliphatic carbocycles. The molecule has 0 saturated heterocycles. The van der Waals surface area contributed by atoms with Gasteiger partial charge in [-0.2, -0.15) is 0 Å². The maximum Gasteiger partial charge on any atom is 0.122 e. The number of aromatic nitrogens is 2. The molecule has 0 fully saturated rings. The van der Waals surface area contributed by atoms with E-state index < -0.39 is 0 Å². The first kappa shape index (κ1) is 15.2. The molecule has 1 aromatic rings. The third-order valence-corrected chi connectivity index (χ3v) is 3.14. The van der Waals surface area contributed by atoms with Gasteiger partial charge in [0, 0.05) is 26.0 Å². The second kappa shape index (κ2) is 6.34. The molecule has 0 aromatic carbocycles.